The van der Waals surface area contributed by atoms with E-state index in [0.29, 0.717) is 0 Å². The molecule has 0 amide bonds. The zero-order chi connectivity index (χ0) is 28.2. The van der Waals surface area contributed by atoms with Crippen molar-refractivity contribution in [3.8, 4) is 0 Å². The first-order chi connectivity index (χ1) is 20.3. The van der Waals surface area contributed by atoms with E-state index in [1.807, 2.05) is 0 Å². The van der Waals surface area contributed by atoms with Gasteiger partial charge in [-0.3, -0.25) is 9.80 Å². The van der Waals surface area contributed by atoms with Crippen LogP contribution in [0.2, 0.25) is 0 Å². The number of hydrogen-bond acceptors (Lipinski definition) is 5. The molecule has 0 aliphatic carbocycles. The highest BCUT2D eigenvalue weighted by Gasteiger charge is 2.08. The fraction of sp³-hybridized carbons (Fsp3) is 0.333. The number of nitrogens with zero attached hydrogens (tertiary/aromatic N) is 2. The van der Waals surface area contributed by atoms with E-state index >= 15 is 0 Å². The van der Waals surface area contributed by atoms with Crippen LogP contribution in [0, 0.1) is 0 Å². The minimum absolute atomic E-state index is 0.912. The predicted molar refractivity (Wildman–Crippen MR) is 173 cm³/mol. The average Bonchev–Trinajstić information content (AvgIpc) is 3.03. The van der Waals surface area contributed by atoms with Crippen molar-refractivity contribution in [2.45, 2.75) is 26.2 Å². The molecular weight excluding hydrogens is 502 g/mol. The van der Waals surface area contributed by atoms with Crippen LogP contribution >= 0.6 is 0 Å². The van der Waals surface area contributed by atoms with Gasteiger partial charge in [-0.2, -0.15) is 0 Å². The lowest BCUT2D eigenvalue weighted by Gasteiger charge is -2.25. The normalized spacial score (nSPS) is 11.4. The van der Waals surface area contributed by atoms with E-state index < -0.39 is 0 Å². The molecule has 216 valence electrons. The van der Waals surface area contributed by atoms with Crippen molar-refractivity contribution >= 4 is 0 Å². The summed E-state index contributed by atoms with van der Waals surface area (Å²) in [4.78, 5) is 5.10. The van der Waals surface area contributed by atoms with Gasteiger partial charge in [0.15, 0.2) is 0 Å². The summed E-state index contributed by atoms with van der Waals surface area (Å²) in [6.45, 7) is 11.8. The van der Waals surface area contributed by atoms with Crippen molar-refractivity contribution in [2.24, 2.45) is 0 Å². The summed E-state index contributed by atoms with van der Waals surface area (Å²) in [7, 11) is 0. The Hall–Kier alpha value is -3.32. The van der Waals surface area contributed by atoms with Crippen molar-refractivity contribution in [1.29, 1.82) is 0 Å². The van der Waals surface area contributed by atoms with Gasteiger partial charge in [0.1, 0.15) is 0 Å². The van der Waals surface area contributed by atoms with E-state index in [-0.39, 0.29) is 0 Å². The van der Waals surface area contributed by atoms with Gasteiger partial charge >= 0.3 is 0 Å². The van der Waals surface area contributed by atoms with Crippen molar-refractivity contribution in [1.82, 2.24) is 25.8 Å². The summed E-state index contributed by atoms with van der Waals surface area (Å²) in [5, 5.41) is 11.0. The molecule has 0 heterocycles. The Morgan fingerprint density at radius 3 is 0.976 bits per heavy atom. The third kappa shape index (κ3) is 12.8. The monoisotopic (exact) mass is 549 g/mol. The van der Waals surface area contributed by atoms with Gasteiger partial charge in [-0.05, 0) is 22.3 Å². The summed E-state index contributed by atoms with van der Waals surface area (Å²) < 4.78 is 0. The highest BCUT2D eigenvalue weighted by Crippen LogP contribution is 2.06. The molecule has 0 bridgehead atoms. The second kappa shape index (κ2) is 18.9. The van der Waals surface area contributed by atoms with Gasteiger partial charge in [-0.25, -0.2) is 0 Å². The molecule has 0 spiro atoms. The molecule has 5 nitrogen and oxygen atoms in total. The molecule has 41 heavy (non-hydrogen) atoms. The molecule has 4 aromatic rings. The maximum atomic E-state index is 3.73. The van der Waals surface area contributed by atoms with Gasteiger partial charge in [0, 0.05) is 78.5 Å². The van der Waals surface area contributed by atoms with Gasteiger partial charge in [0.25, 0.3) is 0 Å². The topological polar surface area (TPSA) is 42.6 Å². The molecule has 0 aliphatic heterocycles. The molecule has 0 aliphatic rings. The Balaban J connectivity index is 1.19. The SMILES string of the molecule is c1ccc(CNCCN(CCNCCN(CCNCc2ccccc2)Cc2ccccc2)Cc2ccccc2)cc1. The maximum absolute atomic E-state index is 3.73. The van der Waals surface area contributed by atoms with Gasteiger partial charge in [0.2, 0.25) is 0 Å². The molecule has 0 saturated carbocycles. The van der Waals surface area contributed by atoms with Crippen LogP contribution in [-0.4, -0.2) is 62.2 Å². The number of benzene rings is 4. The second-order valence-electron chi connectivity index (χ2n) is 10.6. The molecule has 0 atom stereocenters. The highest BCUT2D eigenvalue weighted by molar-refractivity contribution is 5.16. The van der Waals surface area contributed by atoms with Crippen molar-refractivity contribution < 1.29 is 0 Å². The lowest BCUT2D eigenvalue weighted by atomic mass is 10.2. The van der Waals surface area contributed by atoms with Gasteiger partial charge in [0.05, 0.1) is 0 Å². The van der Waals surface area contributed by atoms with Gasteiger partial charge in [-0.15, -0.1) is 0 Å². The van der Waals surface area contributed by atoms with Crippen LogP contribution in [0.4, 0.5) is 0 Å². The molecule has 0 radical (unpaired) electrons. The van der Waals surface area contributed by atoms with E-state index in [4.69, 9.17) is 0 Å². The molecule has 4 aromatic carbocycles. The summed E-state index contributed by atoms with van der Waals surface area (Å²) in [5.74, 6) is 0. The smallest absolute Gasteiger partial charge is 0.0234 e. The van der Waals surface area contributed by atoms with E-state index in [9.17, 15) is 0 Å². The number of nitrogens with one attached hydrogen (secondary N) is 3. The Bertz CT molecular complexity index is 1080. The van der Waals surface area contributed by atoms with E-state index in [1.165, 1.54) is 22.3 Å². The van der Waals surface area contributed by atoms with Crippen molar-refractivity contribution in [3.05, 3.63) is 144 Å². The van der Waals surface area contributed by atoms with Crippen LogP contribution in [0.1, 0.15) is 22.3 Å². The first-order valence-electron chi connectivity index (χ1n) is 15.1. The van der Waals surface area contributed by atoms with Crippen LogP contribution in [0.25, 0.3) is 0 Å². The Morgan fingerprint density at radius 1 is 0.341 bits per heavy atom. The third-order valence-electron chi connectivity index (χ3n) is 7.26. The van der Waals surface area contributed by atoms with Crippen molar-refractivity contribution in [3.63, 3.8) is 0 Å². The minimum atomic E-state index is 0.912. The molecule has 0 unspecified atom stereocenters. The molecule has 0 fully saturated rings. The highest BCUT2D eigenvalue weighted by atomic mass is 15.2. The fourth-order valence-electron chi connectivity index (χ4n) is 4.95. The zero-order valence-corrected chi connectivity index (χ0v) is 24.4. The fourth-order valence-corrected chi connectivity index (χ4v) is 4.95. The third-order valence-corrected chi connectivity index (χ3v) is 7.26. The first kappa shape index (κ1) is 30.6. The summed E-state index contributed by atoms with van der Waals surface area (Å²) >= 11 is 0. The van der Waals surface area contributed by atoms with Crippen LogP contribution in [-0.2, 0) is 26.2 Å². The summed E-state index contributed by atoms with van der Waals surface area (Å²) in [5.41, 5.74) is 5.40. The van der Waals surface area contributed by atoms with Crippen molar-refractivity contribution in [2.75, 3.05) is 52.4 Å². The quantitative estimate of drug-likeness (QED) is 0.133. The average molecular weight is 550 g/mol. The van der Waals surface area contributed by atoms with Gasteiger partial charge < -0.3 is 16.0 Å². The van der Waals surface area contributed by atoms with Crippen LogP contribution in [0.15, 0.2) is 121 Å². The summed E-state index contributed by atoms with van der Waals surface area (Å²) in [6.07, 6.45) is 0. The Morgan fingerprint density at radius 2 is 0.634 bits per heavy atom. The molecule has 5 heteroatoms. The molecule has 3 N–H and O–H groups in total. The maximum Gasteiger partial charge on any atom is 0.0234 e. The molecule has 4 rings (SSSR count). The van der Waals surface area contributed by atoms with E-state index in [2.05, 4.69) is 147 Å². The van der Waals surface area contributed by atoms with E-state index in [1.54, 1.807) is 0 Å². The van der Waals surface area contributed by atoms with Crippen LogP contribution in [0.3, 0.4) is 0 Å². The van der Waals surface area contributed by atoms with Gasteiger partial charge in [-0.1, -0.05) is 121 Å². The van der Waals surface area contributed by atoms with E-state index in [0.717, 1.165) is 78.5 Å². The lowest BCUT2D eigenvalue weighted by molar-refractivity contribution is 0.248. The number of rotatable bonds is 20. The summed E-state index contributed by atoms with van der Waals surface area (Å²) in [6, 6.07) is 42.9. The Kier molecular flexibility index (Phi) is 14.1. The lowest BCUT2D eigenvalue weighted by Crippen LogP contribution is -2.40. The molecule has 0 saturated heterocycles. The number of hydrogen-bond donors (Lipinski definition) is 3. The van der Waals surface area contributed by atoms with Crippen LogP contribution in [0.5, 0.6) is 0 Å². The second-order valence-corrected chi connectivity index (χ2v) is 10.6. The molecule has 0 aromatic heterocycles. The largest absolute Gasteiger partial charge is 0.314 e. The molecular formula is C36H47N5. The first-order valence-corrected chi connectivity index (χ1v) is 15.1. The predicted octanol–water partition coefficient (Wildman–Crippen LogP) is 5.16. The Labute approximate surface area is 247 Å². The standard InChI is InChI=1S/C36H47N5/c1-5-13-33(14-6-1)29-38-23-27-40(31-35-17-9-3-10-18-35)25-21-37-22-26-41(32-36-19-11-4-12-20-36)28-24-39-30-34-15-7-2-8-16-34/h1-20,37-39H,21-32H2. The minimum Gasteiger partial charge on any atom is -0.314 e. The zero-order valence-electron chi connectivity index (χ0n) is 24.4. The van der Waals surface area contributed by atoms with Crippen LogP contribution < -0.4 is 16.0 Å².